The van der Waals surface area contributed by atoms with Gasteiger partial charge in [-0.2, -0.15) is 0 Å². The van der Waals surface area contributed by atoms with Crippen molar-refractivity contribution in [1.82, 2.24) is 0 Å². The predicted molar refractivity (Wildman–Crippen MR) is 73.0 cm³/mol. The van der Waals surface area contributed by atoms with Gasteiger partial charge in [-0.25, -0.2) is 0 Å². The first kappa shape index (κ1) is 13.7. The first-order valence-electron chi connectivity index (χ1n) is 6.10. The van der Waals surface area contributed by atoms with Gasteiger partial charge in [0.1, 0.15) is 0 Å². The lowest BCUT2D eigenvalue weighted by Crippen LogP contribution is -2.22. The third-order valence-corrected chi connectivity index (χ3v) is 3.86. The second-order valence-corrected chi connectivity index (χ2v) is 5.44. The fourth-order valence-corrected chi connectivity index (χ4v) is 2.28. The number of halogens is 1. The van der Waals surface area contributed by atoms with Crippen molar-refractivity contribution < 1.29 is 5.11 Å². The van der Waals surface area contributed by atoms with Crippen LogP contribution in [0.1, 0.15) is 38.2 Å². The lowest BCUT2D eigenvalue weighted by Gasteiger charge is -2.17. The molecule has 0 spiro atoms. The van der Waals surface area contributed by atoms with Crippen molar-refractivity contribution in [3.63, 3.8) is 0 Å². The van der Waals surface area contributed by atoms with Gasteiger partial charge < -0.3 is 5.11 Å². The van der Waals surface area contributed by atoms with Crippen LogP contribution in [0.3, 0.4) is 0 Å². The summed E-state index contributed by atoms with van der Waals surface area (Å²) in [5.41, 5.74) is 1.20. The Kier molecular flexibility index (Phi) is 6.74. The highest BCUT2D eigenvalue weighted by Gasteiger charge is 2.15. The van der Waals surface area contributed by atoms with E-state index in [-0.39, 0.29) is 10.9 Å². The van der Waals surface area contributed by atoms with Crippen molar-refractivity contribution >= 4 is 15.9 Å². The first-order chi connectivity index (χ1) is 7.74. The molecule has 16 heavy (non-hydrogen) atoms. The van der Waals surface area contributed by atoms with Crippen molar-refractivity contribution in [1.29, 1.82) is 0 Å². The van der Waals surface area contributed by atoms with Crippen molar-refractivity contribution in [3.05, 3.63) is 35.9 Å². The van der Waals surface area contributed by atoms with Gasteiger partial charge in [-0.15, -0.1) is 0 Å². The Morgan fingerprint density at radius 2 is 1.88 bits per heavy atom. The number of unbranched alkanes of at least 4 members (excludes halogenated alkanes) is 2. The predicted octanol–water partition coefficient (Wildman–Crippen LogP) is 3.93. The molecule has 0 amide bonds. The summed E-state index contributed by atoms with van der Waals surface area (Å²) in [4.78, 5) is 0.222. The van der Waals surface area contributed by atoms with Crippen LogP contribution in [0.5, 0.6) is 0 Å². The van der Waals surface area contributed by atoms with Gasteiger partial charge in [-0.3, -0.25) is 0 Å². The largest absolute Gasteiger partial charge is 0.392 e. The smallest absolute Gasteiger partial charge is 0.0705 e. The highest BCUT2D eigenvalue weighted by molar-refractivity contribution is 9.09. The van der Waals surface area contributed by atoms with Gasteiger partial charge in [0, 0.05) is 4.83 Å². The molecule has 2 unspecified atom stereocenters. The van der Waals surface area contributed by atoms with E-state index in [1.165, 1.54) is 24.8 Å². The Hall–Kier alpha value is -0.340. The molecule has 90 valence electrons. The van der Waals surface area contributed by atoms with Crippen LogP contribution in [0.2, 0.25) is 0 Å². The molecule has 2 heteroatoms. The van der Waals surface area contributed by atoms with Crippen LogP contribution >= 0.6 is 15.9 Å². The number of rotatable bonds is 7. The minimum Gasteiger partial charge on any atom is -0.392 e. The third-order valence-electron chi connectivity index (χ3n) is 2.79. The minimum atomic E-state index is -0.278. The van der Waals surface area contributed by atoms with Crippen LogP contribution in [-0.4, -0.2) is 16.0 Å². The lowest BCUT2D eigenvalue weighted by atomic mass is 10.0. The van der Waals surface area contributed by atoms with Gasteiger partial charge in [-0.05, 0) is 18.4 Å². The highest BCUT2D eigenvalue weighted by atomic mass is 79.9. The van der Waals surface area contributed by atoms with E-state index in [0.29, 0.717) is 0 Å². The van der Waals surface area contributed by atoms with E-state index in [0.717, 1.165) is 12.8 Å². The van der Waals surface area contributed by atoms with Gasteiger partial charge in [-0.1, -0.05) is 72.4 Å². The average molecular weight is 285 g/mol. The van der Waals surface area contributed by atoms with Crippen LogP contribution in [0.25, 0.3) is 0 Å². The molecule has 1 nitrogen and oxygen atoms in total. The Balaban J connectivity index is 2.31. The summed E-state index contributed by atoms with van der Waals surface area (Å²) in [5, 5.41) is 10.0. The fourth-order valence-electron chi connectivity index (χ4n) is 1.77. The zero-order chi connectivity index (χ0) is 11.8. The molecule has 1 aromatic carbocycles. The van der Waals surface area contributed by atoms with Crippen LogP contribution < -0.4 is 0 Å². The van der Waals surface area contributed by atoms with Gasteiger partial charge in [0.05, 0.1) is 6.10 Å². The van der Waals surface area contributed by atoms with Crippen molar-refractivity contribution in [3.8, 4) is 0 Å². The van der Waals surface area contributed by atoms with Crippen LogP contribution in [-0.2, 0) is 6.42 Å². The van der Waals surface area contributed by atoms with Crippen molar-refractivity contribution in [2.45, 2.75) is 50.0 Å². The summed E-state index contributed by atoms with van der Waals surface area (Å²) in [7, 11) is 0. The minimum absolute atomic E-state index is 0.222. The maximum Gasteiger partial charge on any atom is 0.0705 e. The highest BCUT2D eigenvalue weighted by Crippen LogP contribution is 2.18. The third kappa shape index (κ3) is 5.13. The molecule has 1 aromatic rings. The standard InChI is InChI=1S/C14H21BrO/c1-2-3-5-10-13(15)14(16)11-12-8-6-4-7-9-12/h4,6-9,13-14,16H,2-3,5,10-11H2,1H3. The Labute approximate surface area is 107 Å². The van der Waals surface area contributed by atoms with E-state index < -0.39 is 0 Å². The van der Waals surface area contributed by atoms with Crippen molar-refractivity contribution in [2.75, 3.05) is 0 Å². The molecule has 0 aromatic heterocycles. The Morgan fingerprint density at radius 3 is 2.50 bits per heavy atom. The molecule has 2 atom stereocenters. The molecule has 0 bridgehead atoms. The first-order valence-corrected chi connectivity index (χ1v) is 7.01. The zero-order valence-electron chi connectivity index (χ0n) is 9.90. The number of hydrogen-bond acceptors (Lipinski definition) is 1. The molecule has 0 radical (unpaired) electrons. The van der Waals surface area contributed by atoms with Gasteiger partial charge in [0.15, 0.2) is 0 Å². The number of aliphatic hydroxyl groups excluding tert-OH is 1. The monoisotopic (exact) mass is 284 g/mol. The van der Waals surface area contributed by atoms with Gasteiger partial charge >= 0.3 is 0 Å². The molecule has 0 saturated carbocycles. The van der Waals surface area contributed by atoms with Gasteiger partial charge in [0.25, 0.3) is 0 Å². The molecule has 0 aliphatic carbocycles. The molecule has 1 rings (SSSR count). The molecule has 0 fully saturated rings. The SMILES string of the molecule is CCCCCC(Br)C(O)Cc1ccccc1. The molecule has 0 heterocycles. The molecule has 0 aliphatic rings. The van der Waals surface area contributed by atoms with E-state index in [9.17, 15) is 5.11 Å². The topological polar surface area (TPSA) is 20.2 Å². The summed E-state index contributed by atoms with van der Waals surface area (Å²) in [6.45, 7) is 2.20. The number of alkyl halides is 1. The summed E-state index contributed by atoms with van der Waals surface area (Å²) in [6.07, 6.45) is 5.19. The molecular formula is C14H21BrO. The summed E-state index contributed by atoms with van der Waals surface area (Å²) in [6, 6.07) is 10.2. The maximum absolute atomic E-state index is 10.0. The molecule has 0 aliphatic heterocycles. The lowest BCUT2D eigenvalue weighted by molar-refractivity contribution is 0.169. The number of hydrogen-bond donors (Lipinski definition) is 1. The van der Waals surface area contributed by atoms with Crippen LogP contribution in [0, 0.1) is 0 Å². The van der Waals surface area contributed by atoms with Gasteiger partial charge in [0.2, 0.25) is 0 Å². The Bertz CT molecular complexity index is 273. The quantitative estimate of drug-likeness (QED) is 0.594. The second-order valence-electron chi connectivity index (χ2n) is 4.27. The second kappa shape index (κ2) is 7.86. The molecular weight excluding hydrogens is 264 g/mol. The van der Waals surface area contributed by atoms with E-state index in [1.54, 1.807) is 0 Å². The summed E-state index contributed by atoms with van der Waals surface area (Å²) < 4.78 is 0. The number of aliphatic hydroxyl groups is 1. The van der Waals surface area contributed by atoms with E-state index in [4.69, 9.17) is 0 Å². The molecule has 0 saturated heterocycles. The van der Waals surface area contributed by atoms with Crippen LogP contribution in [0.15, 0.2) is 30.3 Å². The zero-order valence-corrected chi connectivity index (χ0v) is 11.5. The molecule has 1 N–H and O–H groups in total. The maximum atomic E-state index is 10.0. The van der Waals surface area contributed by atoms with Crippen LogP contribution in [0.4, 0.5) is 0 Å². The normalized spacial score (nSPS) is 14.7. The van der Waals surface area contributed by atoms with E-state index in [2.05, 4.69) is 35.0 Å². The fraction of sp³-hybridized carbons (Fsp3) is 0.571. The van der Waals surface area contributed by atoms with Crippen molar-refractivity contribution in [2.24, 2.45) is 0 Å². The summed E-state index contributed by atoms with van der Waals surface area (Å²) in [5.74, 6) is 0. The Morgan fingerprint density at radius 1 is 1.19 bits per heavy atom. The average Bonchev–Trinajstić information content (AvgIpc) is 2.30. The summed E-state index contributed by atoms with van der Waals surface area (Å²) >= 11 is 3.58. The van der Waals surface area contributed by atoms with E-state index >= 15 is 0 Å². The van der Waals surface area contributed by atoms with E-state index in [1.807, 2.05) is 18.2 Å². The number of benzene rings is 1.